The van der Waals surface area contributed by atoms with E-state index in [1.807, 2.05) is 43.3 Å². The molecule has 8 heteroatoms. The molecule has 0 aliphatic rings. The Hall–Kier alpha value is -2.97. The van der Waals surface area contributed by atoms with E-state index in [0.717, 1.165) is 19.9 Å². The Balaban J connectivity index is 1.88. The van der Waals surface area contributed by atoms with Gasteiger partial charge in [-0.1, -0.05) is 77.5 Å². The fourth-order valence-corrected chi connectivity index (χ4v) is 4.86. The molecule has 1 N–H and O–H groups in total. The lowest BCUT2D eigenvalue weighted by atomic mass is 10.1. The van der Waals surface area contributed by atoms with E-state index in [9.17, 15) is 13.2 Å². The first-order chi connectivity index (χ1) is 14.9. The van der Waals surface area contributed by atoms with Crippen molar-refractivity contribution in [2.45, 2.75) is 18.2 Å². The van der Waals surface area contributed by atoms with Crippen LogP contribution in [0.1, 0.15) is 18.1 Å². The van der Waals surface area contributed by atoms with Gasteiger partial charge in [-0.2, -0.15) is 5.10 Å². The number of sulfonamides is 1. The lowest BCUT2D eigenvalue weighted by Crippen LogP contribution is -2.40. The van der Waals surface area contributed by atoms with Crippen molar-refractivity contribution in [3.05, 3.63) is 94.5 Å². The predicted molar refractivity (Wildman–Crippen MR) is 127 cm³/mol. The molecule has 3 aromatic rings. The van der Waals surface area contributed by atoms with Crippen molar-refractivity contribution >= 4 is 43.8 Å². The third-order valence-electron chi connectivity index (χ3n) is 4.56. The van der Waals surface area contributed by atoms with Gasteiger partial charge in [-0.3, -0.25) is 9.10 Å². The first-order valence-corrected chi connectivity index (χ1v) is 11.9. The summed E-state index contributed by atoms with van der Waals surface area (Å²) in [5, 5.41) is 3.97. The van der Waals surface area contributed by atoms with E-state index in [-0.39, 0.29) is 4.90 Å². The molecule has 0 saturated heterocycles. The van der Waals surface area contributed by atoms with Gasteiger partial charge in [0.2, 0.25) is 0 Å². The van der Waals surface area contributed by atoms with Gasteiger partial charge >= 0.3 is 0 Å². The van der Waals surface area contributed by atoms with Crippen LogP contribution >= 0.6 is 15.9 Å². The summed E-state index contributed by atoms with van der Waals surface area (Å²) in [5.41, 5.74) is 4.50. The van der Waals surface area contributed by atoms with E-state index in [1.54, 1.807) is 30.3 Å². The van der Waals surface area contributed by atoms with Crippen molar-refractivity contribution in [1.82, 2.24) is 5.43 Å². The van der Waals surface area contributed by atoms with Crippen LogP contribution in [0.3, 0.4) is 0 Å². The van der Waals surface area contributed by atoms with E-state index in [0.29, 0.717) is 12.1 Å². The topological polar surface area (TPSA) is 78.8 Å². The Labute approximate surface area is 190 Å². The van der Waals surface area contributed by atoms with Crippen LogP contribution in [0.4, 0.5) is 5.69 Å². The molecule has 0 saturated carbocycles. The molecule has 0 spiro atoms. The number of benzene rings is 3. The van der Waals surface area contributed by atoms with E-state index < -0.39 is 22.5 Å². The third-order valence-corrected chi connectivity index (χ3v) is 7.05. The minimum Gasteiger partial charge on any atom is -0.271 e. The van der Waals surface area contributed by atoms with E-state index in [2.05, 4.69) is 26.5 Å². The zero-order valence-electron chi connectivity index (χ0n) is 16.9. The normalized spacial score (nSPS) is 11.4. The second-order valence-electron chi connectivity index (χ2n) is 6.62. The number of rotatable bonds is 8. The van der Waals surface area contributed by atoms with Crippen molar-refractivity contribution in [3.8, 4) is 0 Å². The molecular formula is C23H22BrN3O3S. The maximum Gasteiger partial charge on any atom is 0.264 e. The number of carbonyl (C=O) groups is 1. The highest BCUT2D eigenvalue weighted by Gasteiger charge is 2.28. The number of hydrogen-bond donors (Lipinski definition) is 1. The quantitative estimate of drug-likeness (QED) is 0.369. The van der Waals surface area contributed by atoms with Gasteiger partial charge < -0.3 is 0 Å². The van der Waals surface area contributed by atoms with Gasteiger partial charge in [0.05, 0.1) is 16.8 Å². The van der Waals surface area contributed by atoms with Crippen LogP contribution in [-0.2, 0) is 21.2 Å². The van der Waals surface area contributed by atoms with Crippen molar-refractivity contribution in [2.75, 3.05) is 10.8 Å². The molecule has 0 heterocycles. The molecule has 0 bridgehead atoms. The second kappa shape index (κ2) is 10.4. The summed E-state index contributed by atoms with van der Waals surface area (Å²) in [6, 6.07) is 22.7. The van der Waals surface area contributed by atoms with Crippen LogP contribution in [0.5, 0.6) is 0 Å². The Morgan fingerprint density at radius 1 is 1.00 bits per heavy atom. The SMILES string of the molecule is CCc1ccccc1N(CC(=O)N/N=C\c1ccccc1Br)S(=O)(=O)c1ccccc1. The minimum atomic E-state index is -3.95. The van der Waals surface area contributed by atoms with Crippen molar-refractivity contribution in [2.24, 2.45) is 5.10 Å². The maximum absolute atomic E-state index is 13.4. The van der Waals surface area contributed by atoms with Crippen LogP contribution < -0.4 is 9.73 Å². The molecule has 0 atom stereocenters. The Morgan fingerprint density at radius 2 is 1.65 bits per heavy atom. The molecule has 1 amide bonds. The average molecular weight is 500 g/mol. The average Bonchev–Trinajstić information content (AvgIpc) is 2.79. The highest BCUT2D eigenvalue weighted by Crippen LogP contribution is 2.27. The summed E-state index contributed by atoms with van der Waals surface area (Å²) in [7, 11) is -3.95. The van der Waals surface area contributed by atoms with Gasteiger partial charge in [-0.05, 0) is 36.2 Å². The van der Waals surface area contributed by atoms with E-state index in [4.69, 9.17) is 0 Å². The number of carbonyl (C=O) groups excluding carboxylic acids is 1. The first kappa shape index (κ1) is 22.7. The Kier molecular flexibility index (Phi) is 7.59. The molecular weight excluding hydrogens is 478 g/mol. The fraction of sp³-hybridized carbons (Fsp3) is 0.130. The van der Waals surface area contributed by atoms with Crippen molar-refractivity contribution in [3.63, 3.8) is 0 Å². The van der Waals surface area contributed by atoms with Crippen LogP contribution in [0.2, 0.25) is 0 Å². The highest BCUT2D eigenvalue weighted by atomic mass is 79.9. The van der Waals surface area contributed by atoms with Gasteiger partial charge in [-0.25, -0.2) is 13.8 Å². The predicted octanol–water partition coefficient (Wildman–Crippen LogP) is 4.36. The number of nitrogens with one attached hydrogen (secondary N) is 1. The zero-order valence-corrected chi connectivity index (χ0v) is 19.3. The summed E-state index contributed by atoms with van der Waals surface area (Å²) in [6.45, 7) is 1.54. The number of amides is 1. The van der Waals surface area contributed by atoms with Crippen molar-refractivity contribution < 1.29 is 13.2 Å². The molecule has 160 valence electrons. The standard InChI is InChI=1S/C23H22BrN3O3S/c1-2-18-10-7-9-15-22(18)27(31(29,30)20-12-4-3-5-13-20)17-23(28)26-25-16-19-11-6-8-14-21(19)24/h3-16H,2,17H2,1H3,(H,26,28)/b25-16-. The number of hydrogen-bond acceptors (Lipinski definition) is 4. The number of hydrazone groups is 1. The number of anilines is 1. The summed E-state index contributed by atoms with van der Waals surface area (Å²) in [6.07, 6.45) is 2.12. The van der Waals surface area contributed by atoms with Crippen LogP contribution in [0.15, 0.2) is 93.3 Å². The molecule has 0 unspecified atom stereocenters. The number of halogens is 1. The largest absolute Gasteiger partial charge is 0.271 e. The lowest BCUT2D eigenvalue weighted by molar-refractivity contribution is -0.119. The Bertz CT molecular complexity index is 1180. The molecule has 3 rings (SSSR count). The molecule has 0 aliphatic carbocycles. The lowest BCUT2D eigenvalue weighted by Gasteiger charge is -2.25. The van der Waals surface area contributed by atoms with Gasteiger partial charge in [0, 0.05) is 10.0 Å². The van der Waals surface area contributed by atoms with Gasteiger partial charge in [-0.15, -0.1) is 0 Å². The van der Waals surface area contributed by atoms with E-state index >= 15 is 0 Å². The molecule has 0 aromatic heterocycles. The summed E-state index contributed by atoms with van der Waals surface area (Å²) in [4.78, 5) is 12.8. The molecule has 0 fully saturated rings. The zero-order chi connectivity index (χ0) is 22.3. The summed E-state index contributed by atoms with van der Waals surface area (Å²) in [5.74, 6) is -0.547. The third kappa shape index (κ3) is 5.59. The maximum atomic E-state index is 13.4. The molecule has 3 aromatic carbocycles. The van der Waals surface area contributed by atoms with Gasteiger partial charge in [0.25, 0.3) is 15.9 Å². The Morgan fingerprint density at radius 3 is 2.35 bits per heavy atom. The van der Waals surface area contributed by atoms with Gasteiger partial charge in [0.1, 0.15) is 6.54 Å². The molecule has 0 radical (unpaired) electrons. The minimum absolute atomic E-state index is 0.116. The summed E-state index contributed by atoms with van der Waals surface area (Å²) >= 11 is 3.41. The van der Waals surface area contributed by atoms with Crippen LogP contribution in [0.25, 0.3) is 0 Å². The van der Waals surface area contributed by atoms with E-state index in [1.165, 1.54) is 18.3 Å². The smallest absolute Gasteiger partial charge is 0.264 e. The van der Waals surface area contributed by atoms with Gasteiger partial charge in [0.15, 0.2) is 0 Å². The van der Waals surface area contributed by atoms with Crippen LogP contribution in [0, 0.1) is 0 Å². The van der Waals surface area contributed by atoms with Crippen LogP contribution in [-0.4, -0.2) is 27.1 Å². The monoisotopic (exact) mass is 499 g/mol. The number of para-hydroxylation sites is 1. The first-order valence-electron chi connectivity index (χ1n) is 9.65. The highest BCUT2D eigenvalue weighted by molar-refractivity contribution is 9.10. The molecule has 6 nitrogen and oxygen atoms in total. The fourth-order valence-electron chi connectivity index (χ4n) is 2.99. The molecule has 0 aliphatic heterocycles. The second-order valence-corrected chi connectivity index (χ2v) is 9.34. The summed E-state index contributed by atoms with van der Waals surface area (Å²) < 4.78 is 28.7. The number of nitrogens with zero attached hydrogens (tertiary/aromatic N) is 2. The number of aryl methyl sites for hydroxylation is 1. The molecule has 31 heavy (non-hydrogen) atoms. The van der Waals surface area contributed by atoms with Crippen molar-refractivity contribution in [1.29, 1.82) is 0 Å².